The van der Waals surface area contributed by atoms with Crippen LogP contribution >= 0.6 is 11.6 Å². The molecule has 2 N–H and O–H groups in total. The highest BCUT2D eigenvalue weighted by Gasteiger charge is 2.15. The number of anilines is 1. The molecule has 5 rings (SSSR count). The zero-order valence-corrected chi connectivity index (χ0v) is 18.6. The van der Waals surface area contributed by atoms with Crippen molar-refractivity contribution in [1.29, 1.82) is 0 Å². The van der Waals surface area contributed by atoms with Crippen molar-refractivity contribution < 1.29 is 14.6 Å². The Morgan fingerprint density at radius 3 is 2.47 bits per heavy atom. The third-order valence-electron chi connectivity index (χ3n) is 5.14. The van der Waals surface area contributed by atoms with Crippen LogP contribution in [0.2, 0.25) is 5.02 Å². The Hall–Kier alpha value is -4.36. The zero-order valence-electron chi connectivity index (χ0n) is 17.9. The summed E-state index contributed by atoms with van der Waals surface area (Å²) < 4.78 is 7.45. The van der Waals surface area contributed by atoms with Crippen molar-refractivity contribution in [3.05, 3.63) is 107 Å². The number of hydrogen-bond donors (Lipinski definition) is 2. The molecule has 34 heavy (non-hydrogen) atoms. The van der Waals surface area contributed by atoms with Gasteiger partial charge in [-0.05, 0) is 42.0 Å². The van der Waals surface area contributed by atoms with Crippen LogP contribution in [0, 0.1) is 0 Å². The van der Waals surface area contributed by atoms with Gasteiger partial charge in [0.1, 0.15) is 17.3 Å². The molecule has 7 nitrogen and oxygen atoms in total. The fraction of sp³-hybridized carbons (Fsp3) is 0.0385. The van der Waals surface area contributed by atoms with Crippen molar-refractivity contribution in [3.8, 4) is 22.8 Å². The predicted molar refractivity (Wildman–Crippen MR) is 131 cm³/mol. The van der Waals surface area contributed by atoms with Crippen molar-refractivity contribution in [3.63, 3.8) is 0 Å². The fourth-order valence-electron chi connectivity index (χ4n) is 3.49. The quantitative estimate of drug-likeness (QED) is 0.296. The van der Waals surface area contributed by atoms with Gasteiger partial charge in [0.25, 0.3) is 0 Å². The minimum Gasteiger partial charge on any atom is -0.476 e. The van der Waals surface area contributed by atoms with Crippen molar-refractivity contribution >= 4 is 29.0 Å². The summed E-state index contributed by atoms with van der Waals surface area (Å²) >= 11 is 5.98. The molecule has 0 aliphatic heterocycles. The summed E-state index contributed by atoms with van der Waals surface area (Å²) in [4.78, 5) is 16.2. The number of benzene rings is 3. The minimum atomic E-state index is -1.12. The monoisotopic (exact) mass is 470 g/mol. The maximum absolute atomic E-state index is 11.5. The molecule has 0 saturated heterocycles. The number of nitrogens with one attached hydrogen (secondary N) is 1. The molecule has 0 fully saturated rings. The summed E-state index contributed by atoms with van der Waals surface area (Å²) in [6.45, 7) is 0.495. The fourth-order valence-corrected chi connectivity index (χ4v) is 3.62. The van der Waals surface area contributed by atoms with Gasteiger partial charge in [0.2, 0.25) is 0 Å². The first-order valence-corrected chi connectivity index (χ1v) is 10.9. The number of fused-ring (bicyclic) bond motifs is 1. The highest BCUT2D eigenvalue weighted by Crippen LogP contribution is 2.28. The van der Waals surface area contributed by atoms with E-state index in [-0.39, 0.29) is 5.69 Å². The van der Waals surface area contributed by atoms with Gasteiger partial charge in [-0.2, -0.15) is 9.61 Å². The first-order chi connectivity index (χ1) is 16.5. The first-order valence-electron chi connectivity index (χ1n) is 10.5. The van der Waals surface area contributed by atoms with Gasteiger partial charge in [-0.25, -0.2) is 9.78 Å². The van der Waals surface area contributed by atoms with Crippen molar-refractivity contribution in [2.75, 3.05) is 5.32 Å². The van der Waals surface area contributed by atoms with E-state index >= 15 is 0 Å². The maximum Gasteiger partial charge on any atom is 0.356 e. The third-order valence-corrected chi connectivity index (χ3v) is 5.39. The van der Waals surface area contributed by atoms with Crippen LogP contribution in [-0.4, -0.2) is 25.7 Å². The van der Waals surface area contributed by atoms with Gasteiger partial charge in [-0.1, -0.05) is 54.1 Å². The second kappa shape index (κ2) is 9.25. The van der Waals surface area contributed by atoms with Gasteiger partial charge in [0, 0.05) is 29.3 Å². The Bertz CT molecular complexity index is 1470. The second-order valence-corrected chi connectivity index (χ2v) is 7.99. The molecule has 0 spiro atoms. The van der Waals surface area contributed by atoms with Crippen LogP contribution in [0.15, 0.2) is 91.0 Å². The molecule has 0 radical (unpaired) electrons. The van der Waals surface area contributed by atoms with Crippen LogP contribution in [0.25, 0.3) is 16.9 Å². The lowest BCUT2D eigenvalue weighted by molar-refractivity contribution is 0.0690. The number of ether oxygens (including phenoxy) is 1. The van der Waals surface area contributed by atoms with Crippen molar-refractivity contribution in [2.45, 2.75) is 6.54 Å². The van der Waals surface area contributed by atoms with E-state index in [9.17, 15) is 9.90 Å². The number of nitrogens with zero attached hydrogens (tertiary/aromatic N) is 3. The molecule has 3 aromatic carbocycles. The van der Waals surface area contributed by atoms with E-state index in [1.54, 1.807) is 0 Å². The van der Waals surface area contributed by atoms with Gasteiger partial charge in [0.05, 0.1) is 5.69 Å². The van der Waals surface area contributed by atoms with E-state index in [1.807, 2.05) is 84.9 Å². The third kappa shape index (κ3) is 4.69. The first kappa shape index (κ1) is 21.5. The Balaban J connectivity index is 1.51. The van der Waals surface area contributed by atoms with E-state index in [4.69, 9.17) is 16.3 Å². The highest BCUT2D eigenvalue weighted by atomic mass is 35.5. The number of hydrogen-bond acceptors (Lipinski definition) is 5. The number of carbonyl (C=O) groups is 1. The van der Waals surface area contributed by atoms with E-state index in [2.05, 4.69) is 15.4 Å². The summed E-state index contributed by atoms with van der Waals surface area (Å²) in [5, 5.41) is 17.6. The molecular formula is C26H19ClN4O3. The number of carboxylic acid groups (broad SMARTS) is 1. The van der Waals surface area contributed by atoms with Gasteiger partial charge >= 0.3 is 5.97 Å². The lowest BCUT2D eigenvalue weighted by Crippen LogP contribution is -2.07. The number of aromatic carboxylic acids is 1. The standard InChI is InChI=1S/C26H19ClN4O3/c27-19-11-9-17(10-12-19)16-28-24-14-22(29-25-15-23(26(32)33)30-31(24)25)18-5-4-8-21(13-18)34-20-6-2-1-3-7-20/h1-15,28H,16H2,(H,32,33). The number of halogens is 1. The average molecular weight is 471 g/mol. The molecule has 8 heteroatoms. The molecule has 5 aromatic rings. The van der Waals surface area contributed by atoms with Crippen LogP contribution in [0.5, 0.6) is 11.5 Å². The normalized spacial score (nSPS) is 10.9. The Kier molecular flexibility index (Phi) is 5.84. The molecule has 2 heterocycles. The van der Waals surface area contributed by atoms with E-state index in [1.165, 1.54) is 10.6 Å². The molecular weight excluding hydrogens is 452 g/mol. The summed E-state index contributed by atoms with van der Waals surface area (Å²) in [6, 6.07) is 27.9. The molecule has 0 aliphatic rings. The molecule has 0 saturated carbocycles. The summed E-state index contributed by atoms with van der Waals surface area (Å²) in [5.74, 6) is 0.891. The largest absolute Gasteiger partial charge is 0.476 e. The molecule has 168 valence electrons. The predicted octanol–water partition coefficient (Wildman–Crippen LogP) is 6.15. The summed E-state index contributed by atoms with van der Waals surface area (Å²) in [7, 11) is 0. The molecule has 0 aliphatic carbocycles. The number of rotatable bonds is 7. The van der Waals surface area contributed by atoms with E-state index < -0.39 is 5.97 Å². The molecule has 0 atom stereocenters. The Morgan fingerprint density at radius 1 is 0.941 bits per heavy atom. The van der Waals surface area contributed by atoms with Crippen LogP contribution in [0.4, 0.5) is 5.82 Å². The summed E-state index contributed by atoms with van der Waals surface area (Å²) in [5.41, 5.74) is 2.83. The average Bonchev–Trinajstić information content (AvgIpc) is 3.29. The van der Waals surface area contributed by atoms with Crippen molar-refractivity contribution in [1.82, 2.24) is 14.6 Å². The maximum atomic E-state index is 11.5. The lowest BCUT2D eigenvalue weighted by atomic mass is 10.1. The van der Waals surface area contributed by atoms with Crippen LogP contribution in [0.1, 0.15) is 16.1 Å². The van der Waals surface area contributed by atoms with Gasteiger partial charge in [-0.3, -0.25) is 0 Å². The highest BCUT2D eigenvalue weighted by molar-refractivity contribution is 6.30. The van der Waals surface area contributed by atoms with Crippen molar-refractivity contribution in [2.24, 2.45) is 0 Å². The smallest absolute Gasteiger partial charge is 0.356 e. The van der Waals surface area contributed by atoms with E-state index in [0.29, 0.717) is 34.5 Å². The second-order valence-electron chi connectivity index (χ2n) is 7.55. The van der Waals surface area contributed by atoms with Crippen LogP contribution < -0.4 is 10.1 Å². The Labute approximate surface area is 200 Å². The lowest BCUT2D eigenvalue weighted by Gasteiger charge is -2.12. The van der Waals surface area contributed by atoms with Gasteiger partial charge in [0.15, 0.2) is 11.3 Å². The van der Waals surface area contributed by atoms with E-state index in [0.717, 1.165) is 16.9 Å². The molecule has 0 amide bonds. The van der Waals surface area contributed by atoms with Gasteiger partial charge < -0.3 is 15.2 Å². The minimum absolute atomic E-state index is 0.0830. The molecule has 0 bridgehead atoms. The topological polar surface area (TPSA) is 88.8 Å². The number of aromatic nitrogens is 3. The number of para-hydroxylation sites is 1. The number of carboxylic acids is 1. The molecule has 2 aromatic heterocycles. The van der Waals surface area contributed by atoms with Gasteiger partial charge in [-0.15, -0.1) is 0 Å². The summed E-state index contributed by atoms with van der Waals surface area (Å²) in [6.07, 6.45) is 0. The zero-order chi connectivity index (χ0) is 23.5. The molecule has 0 unspecified atom stereocenters. The van der Waals surface area contributed by atoms with Crippen LogP contribution in [-0.2, 0) is 6.54 Å². The van der Waals surface area contributed by atoms with Crippen LogP contribution in [0.3, 0.4) is 0 Å². The SMILES string of the molecule is O=C(O)c1cc2nc(-c3cccc(Oc4ccccc4)c3)cc(NCc3ccc(Cl)cc3)n2n1. The Morgan fingerprint density at radius 2 is 1.71 bits per heavy atom.